The topological polar surface area (TPSA) is 42.2 Å². The molecule has 0 saturated carbocycles. The largest absolute Gasteiger partial charge is 0.419 e. The molecule has 0 bridgehead atoms. The van der Waals surface area contributed by atoms with E-state index in [1.807, 2.05) is 24.6 Å². The molecule has 0 radical (unpaired) electrons. The molecule has 2 heterocycles. The van der Waals surface area contributed by atoms with Crippen LogP contribution in [0.3, 0.4) is 0 Å². The highest BCUT2D eigenvalue weighted by Crippen LogP contribution is 2.25. The highest BCUT2D eigenvalue weighted by Gasteiger charge is 2.16. The Kier molecular flexibility index (Phi) is 4.31. The summed E-state index contributed by atoms with van der Waals surface area (Å²) in [5, 5.41) is 10.1. The molecule has 0 amide bonds. The van der Waals surface area contributed by atoms with E-state index in [0.717, 1.165) is 10.4 Å². The number of halogens is 1. The van der Waals surface area contributed by atoms with Crippen molar-refractivity contribution in [2.45, 2.75) is 19.5 Å². The smallest absolute Gasteiger partial charge is 0.257 e. The van der Waals surface area contributed by atoms with Crippen LogP contribution < -0.4 is 0 Å². The van der Waals surface area contributed by atoms with Crippen molar-refractivity contribution in [2.75, 3.05) is 7.05 Å². The van der Waals surface area contributed by atoms with Gasteiger partial charge < -0.3 is 4.42 Å². The Hall–Kier alpha value is -2.05. The number of hydrogen-bond donors (Lipinski definition) is 0. The molecule has 0 unspecified atom stereocenters. The van der Waals surface area contributed by atoms with E-state index in [4.69, 9.17) is 4.42 Å². The molecular formula is C16H16FN3OS. The van der Waals surface area contributed by atoms with Gasteiger partial charge in [-0.1, -0.05) is 18.2 Å². The predicted molar refractivity (Wildman–Crippen MR) is 83.9 cm³/mol. The van der Waals surface area contributed by atoms with Crippen molar-refractivity contribution in [3.63, 3.8) is 0 Å². The number of benzene rings is 1. The van der Waals surface area contributed by atoms with Crippen LogP contribution in [0.1, 0.15) is 24.4 Å². The number of hydrogen-bond acceptors (Lipinski definition) is 5. The van der Waals surface area contributed by atoms with Gasteiger partial charge in [0, 0.05) is 6.04 Å². The first-order chi connectivity index (χ1) is 10.6. The van der Waals surface area contributed by atoms with E-state index in [1.54, 1.807) is 23.5 Å². The molecule has 22 heavy (non-hydrogen) atoms. The predicted octanol–water partition coefficient (Wildman–Crippen LogP) is 4.13. The quantitative estimate of drug-likeness (QED) is 0.709. The third kappa shape index (κ3) is 3.23. The van der Waals surface area contributed by atoms with Crippen molar-refractivity contribution in [3.8, 4) is 10.8 Å². The Bertz CT molecular complexity index is 724. The van der Waals surface area contributed by atoms with E-state index in [-0.39, 0.29) is 11.9 Å². The second-order valence-corrected chi connectivity index (χ2v) is 6.07. The van der Waals surface area contributed by atoms with Gasteiger partial charge >= 0.3 is 0 Å². The van der Waals surface area contributed by atoms with Crippen LogP contribution in [0.2, 0.25) is 0 Å². The Morgan fingerprint density at radius 3 is 2.68 bits per heavy atom. The summed E-state index contributed by atoms with van der Waals surface area (Å²) in [4.78, 5) is 3.05. The van der Waals surface area contributed by atoms with Gasteiger partial charge in [0.15, 0.2) is 0 Å². The monoisotopic (exact) mass is 317 g/mol. The minimum absolute atomic E-state index is 0.123. The second kappa shape index (κ2) is 6.37. The van der Waals surface area contributed by atoms with Crippen molar-refractivity contribution in [3.05, 3.63) is 59.0 Å². The van der Waals surface area contributed by atoms with Crippen LogP contribution in [0, 0.1) is 5.82 Å². The van der Waals surface area contributed by atoms with E-state index in [2.05, 4.69) is 22.0 Å². The standard InChI is InChI=1S/C16H16FN3OS/c1-11(12-5-7-13(17)8-6-12)20(2)10-15-18-19-16(21-15)14-4-3-9-22-14/h3-9,11H,10H2,1-2H3/t11-/m0/s1. The molecule has 114 valence electrons. The molecule has 3 aromatic rings. The van der Waals surface area contributed by atoms with Gasteiger partial charge in [-0.15, -0.1) is 21.5 Å². The summed E-state index contributed by atoms with van der Waals surface area (Å²) in [6.07, 6.45) is 0. The molecule has 3 rings (SSSR count). The summed E-state index contributed by atoms with van der Waals surface area (Å²) in [6.45, 7) is 2.60. The molecule has 4 nitrogen and oxygen atoms in total. The normalized spacial score (nSPS) is 12.7. The van der Waals surface area contributed by atoms with Gasteiger partial charge in [-0.2, -0.15) is 0 Å². The first-order valence-corrected chi connectivity index (χ1v) is 7.83. The lowest BCUT2D eigenvalue weighted by atomic mass is 10.1. The fourth-order valence-corrected chi connectivity index (χ4v) is 2.81. The summed E-state index contributed by atoms with van der Waals surface area (Å²) in [7, 11) is 1.98. The number of rotatable bonds is 5. The maximum atomic E-state index is 13.0. The van der Waals surface area contributed by atoms with Gasteiger partial charge in [0.2, 0.25) is 5.89 Å². The minimum atomic E-state index is -0.226. The molecule has 0 N–H and O–H groups in total. The van der Waals surface area contributed by atoms with Crippen LogP contribution in [0.25, 0.3) is 10.8 Å². The molecule has 1 atom stereocenters. The summed E-state index contributed by atoms with van der Waals surface area (Å²) >= 11 is 1.57. The first kappa shape index (κ1) is 14.9. The molecule has 2 aromatic heterocycles. The zero-order chi connectivity index (χ0) is 15.5. The fraction of sp³-hybridized carbons (Fsp3) is 0.250. The lowest BCUT2D eigenvalue weighted by Gasteiger charge is -2.23. The highest BCUT2D eigenvalue weighted by molar-refractivity contribution is 7.13. The zero-order valence-electron chi connectivity index (χ0n) is 12.4. The average molecular weight is 317 g/mol. The van der Waals surface area contributed by atoms with Crippen molar-refractivity contribution >= 4 is 11.3 Å². The van der Waals surface area contributed by atoms with E-state index < -0.39 is 0 Å². The van der Waals surface area contributed by atoms with Gasteiger partial charge in [0.25, 0.3) is 5.89 Å². The number of thiophene rings is 1. The molecule has 0 spiro atoms. The molecule has 0 saturated heterocycles. The maximum absolute atomic E-state index is 13.0. The summed E-state index contributed by atoms with van der Waals surface area (Å²) in [6, 6.07) is 10.6. The lowest BCUT2D eigenvalue weighted by molar-refractivity contribution is 0.228. The molecule has 0 aliphatic carbocycles. The van der Waals surface area contributed by atoms with Gasteiger partial charge in [0.05, 0.1) is 11.4 Å². The Morgan fingerprint density at radius 2 is 2.00 bits per heavy atom. The Balaban J connectivity index is 1.68. The van der Waals surface area contributed by atoms with Gasteiger partial charge in [-0.3, -0.25) is 4.90 Å². The van der Waals surface area contributed by atoms with Crippen LogP contribution in [0.15, 0.2) is 46.2 Å². The highest BCUT2D eigenvalue weighted by atomic mass is 32.1. The van der Waals surface area contributed by atoms with Crippen LogP contribution in [0.4, 0.5) is 4.39 Å². The minimum Gasteiger partial charge on any atom is -0.419 e. The lowest BCUT2D eigenvalue weighted by Crippen LogP contribution is -2.22. The average Bonchev–Trinajstić information content (AvgIpc) is 3.18. The summed E-state index contributed by atoms with van der Waals surface area (Å²) in [5.74, 6) is 0.892. The van der Waals surface area contributed by atoms with Gasteiger partial charge in [-0.05, 0) is 43.1 Å². The number of aromatic nitrogens is 2. The van der Waals surface area contributed by atoms with Crippen molar-refractivity contribution in [1.82, 2.24) is 15.1 Å². The first-order valence-electron chi connectivity index (χ1n) is 6.95. The summed E-state index contributed by atoms with van der Waals surface area (Å²) < 4.78 is 18.7. The van der Waals surface area contributed by atoms with E-state index in [9.17, 15) is 4.39 Å². The molecule has 1 aromatic carbocycles. The fourth-order valence-electron chi connectivity index (χ4n) is 2.16. The second-order valence-electron chi connectivity index (χ2n) is 5.12. The van der Waals surface area contributed by atoms with E-state index in [0.29, 0.717) is 18.3 Å². The van der Waals surface area contributed by atoms with Gasteiger partial charge in [-0.25, -0.2) is 4.39 Å². The molecule has 0 aliphatic rings. The van der Waals surface area contributed by atoms with Crippen LogP contribution >= 0.6 is 11.3 Å². The van der Waals surface area contributed by atoms with Crippen LogP contribution in [-0.2, 0) is 6.54 Å². The molecular weight excluding hydrogens is 301 g/mol. The van der Waals surface area contributed by atoms with Crippen molar-refractivity contribution in [2.24, 2.45) is 0 Å². The third-order valence-electron chi connectivity index (χ3n) is 3.60. The van der Waals surface area contributed by atoms with Crippen molar-refractivity contribution in [1.29, 1.82) is 0 Å². The van der Waals surface area contributed by atoms with E-state index >= 15 is 0 Å². The summed E-state index contributed by atoms with van der Waals surface area (Å²) in [5.41, 5.74) is 1.04. The molecule has 6 heteroatoms. The molecule has 0 fully saturated rings. The third-order valence-corrected chi connectivity index (χ3v) is 4.45. The SMILES string of the molecule is C[C@@H](c1ccc(F)cc1)N(C)Cc1nnc(-c2cccs2)o1. The maximum Gasteiger partial charge on any atom is 0.257 e. The van der Waals surface area contributed by atoms with Crippen LogP contribution in [-0.4, -0.2) is 22.1 Å². The Morgan fingerprint density at radius 1 is 1.23 bits per heavy atom. The Labute approximate surface area is 132 Å². The zero-order valence-corrected chi connectivity index (χ0v) is 13.2. The van der Waals surface area contributed by atoms with E-state index in [1.165, 1.54) is 12.1 Å². The van der Waals surface area contributed by atoms with Gasteiger partial charge in [0.1, 0.15) is 5.82 Å². The number of nitrogens with zero attached hydrogens (tertiary/aromatic N) is 3. The van der Waals surface area contributed by atoms with Crippen LogP contribution in [0.5, 0.6) is 0 Å². The molecule has 0 aliphatic heterocycles. The van der Waals surface area contributed by atoms with Crippen molar-refractivity contribution < 1.29 is 8.81 Å².